The van der Waals surface area contributed by atoms with Gasteiger partial charge in [-0.2, -0.15) is 0 Å². The average Bonchev–Trinajstić information content (AvgIpc) is 3.20. The fraction of sp³-hybridized carbons (Fsp3) is 0.548. The highest BCUT2D eigenvalue weighted by atomic mass is 35.5. The van der Waals surface area contributed by atoms with Crippen LogP contribution in [0.2, 0.25) is 5.02 Å². The molecule has 3 aliphatic carbocycles. The van der Waals surface area contributed by atoms with Gasteiger partial charge in [-0.3, -0.25) is 4.79 Å². The molecule has 3 saturated carbocycles. The monoisotopic (exact) mass is 551 g/mol. The molecule has 4 fully saturated rings. The second-order valence-corrected chi connectivity index (χ2v) is 13.7. The van der Waals surface area contributed by atoms with Gasteiger partial charge in [0.15, 0.2) is 0 Å². The van der Waals surface area contributed by atoms with Gasteiger partial charge in [-0.05, 0) is 99.6 Å². The van der Waals surface area contributed by atoms with E-state index in [2.05, 4.69) is 26.1 Å². The number of amides is 1. The van der Waals surface area contributed by atoms with Crippen molar-refractivity contribution in [2.75, 3.05) is 0 Å². The minimum Gasteiger partial charge on any atom is -0.456 e. The number of hydrogen-bond donors (Lipinski definition) is 1. The molecule has 1 saturated heterocycles. The highest BCUT2D eigenvalue weighted by Gasteiger charge is 2.68. The van der Waals surface area contributed by atoms with E-state index in [0.717, 1.165) is 24.0 Å². The molecule has 5 unspecified atom stereocenters. The Morgan fingerprint density at radius 1 is 1.10 bits per heavy atom. The molecule has 6 nitrogen and oxygen atoms in total. The summed E-state index contributed by atoms with van der Waals surface area (Å²) in [6.07, 6.45) is 2.76. The van der Waals surface area contributed by atoms with Crippen LogP contribution in [0.4, 0.5) is 0 Å². The molecule has 4 aliphatic rings. The van der Waals surface area contributed by atoms with Gasteiger partial charge in [-0.25, -0.2) is 4.79 Å². The first-order chi connectivity index (χ1) is 18.2. The van der Waals surface area contributed by atoms with E-state index < -0.39 is 24.3 Å². The number of benzene rings is 2. The second kappa shape index (κ2) is 10.2. The van der Waals surface area contributed by atoms with E-state index >= 15 is 0 Å². The van der Waals surface area contributed by atoms with Gasteiger partial charge >= 0.3 is 13.1 Å². The van der Waals surface area contributed by atoms with Gasteiger partial charge < -0.3 is 19.4 Å². The fourth-order valence-corrected chi connectivity index (χ4v) is 7.01. The summed E-state index contributed by atoms with van der Waals surface area (Å²) in [5, 5.41) is 3.78. The van der Waals surface area contributed by atoms with E-state index in [1.54, 1.807) is 18.2 Å². The average molecular weight is 552 g/mol. The van der Waals surface area contributed by atoms with Crippen molar-refractivity contribution in [2.24, 2.45) is 17.3 Å². The smallest absolute Gasteiger partial charge is 0.456 e. The SMILES string of the molecule is CC(C)(C)OC(=O)c1cccc(CC(NC(=O)Cc2cccc(Cl)c2)B2OC3CC4CC(C4(C)C)C3(C)O2)c1. The lowest BCUT2D eigenvalue weighted by molar-refractivity contribution is -0.199. The number of nitrogens with one attached hydrogen (secondary N) is 1. The lowest BCUT2D eigenvalue weighted by Crippen LogP contribution is -2.65. The van der Waals surface area contributed by atoms with Crippen molar-refractivity contribution in [2.45, 2.75) is 90.5 Å². The Morgan fingerprint density at radius 2 is 1.82 bits per heavy atom. The van der Waals surface area contributed by atoms with Gasteiger partial charge in [0.25, 0.3) is 0 Å². The number of ether oxygens (including phenoxy) is 1. The van der Waals surface area contributed by atoms with Crippen LogP contribution in [-0.4, -0.2) is 42.2 Å². The summed E-state index contributed by atoms with van der Waals surface area (Å²) in [6.45, 7) is 12.4. The van der Waals surface area contributed by atoms with Gasteiger partial charge in [0, 0.05) is 5.02 Å². The van der Waals surface area contributed by atoms with Crippen LogP contribution >= 0.6 is 11.6 Å². The summed E-state index contributed by atoms with van der Waals surface area (Å²) in [7, 11) is -0.594. The van der Waals surface area contributed by atoms with Crippen molar-refractivity contribution < 1.29 is 23.6 Å². The predicted molar refractivity (Wildman–Crippen MR) is 153 cm³/mol. The van der Waals surface area contributed by atoms with E-state index in [1.807, 2.05) is 51.1 Å². The van der Waals surface area contributed by atoms with Crippen molar-refractivity contribution in [3.8, 4) is 0 Å². The second-order valence-electron chi connectivity index (χ2n) is 13.2. The number of carbonyl (C=O) groups excluding carboxylic acids is 2. The molecule has 6 rings (SSSR count). The topological polar surface area (TPSA) is 73.9 Å². The van der Waals surface area contributed by atoms with Crippen molar-refractivity contribution in [3.63, 3.8) is 0 Å². The molecule has 5 atom stereocenters. The first kappa shape index (κ1) is 28.2. The molecule has 1 amide bonds. The minimum absolute atomic E-state index is 0.000273. The van der Waals surface area contributed by atoms with E-state index in [-0.39, 0.29) is 29.8 Å². The first-order valence-electron chi connectivity index (χ1n) is 13.9. The third-order valence-corrected chi connectivity index (χ3v) is 9.15. The molecule has 0 spiro atoms. The molecule has 2 aromatic carbocycles. The van der Waals surface area contributed by atoms with Crippen molar-refractivity contribution in [3.05, 3.63) is 70.2 Å². The Morgan fingerprint density at radius 3 is 2.51 bits per heavy atom. The molecule has 2 aromatic rings. The maximum atomic E-state index is 13.2. The minimum atomic E-state index is -0.594. The lowest BCUT2D eigenvalue weighted by atomic mass is 9.43. The third kappa shape index (κ3) is 5.77. The van der Waals surface area contributed by atoms with Crippen molar-refractivity contribution in [1.29, 1.82) is 0 Å². The van der Waals surface area contributed by atoms with Crippen LogP contribution in [0.1, 0.15) is 75.9 Å². The molecule has 0 radical (unpaired) electrons. The van der Waals surface area contributed by atoms with Crippen LogP contribution < -0.4 is 5.32 Å². The molecule has 2 bridgehead atoms. The largest absolute Gasteiger partial charge is 0.482 e. The van der Waals surface area contributed by atoms with Crippen LogP contribution in [0, 0.1) is 17.3 Å². The summed E-state index contributed by atoms with van der Waals surface area (Å²) in [4.78, 5) is 26.0. The fourth-order valence-electron chi connectivity index (χ4n) is 6.79. The van der Waals surface area contributed by atoms with Crippen LogP contribution in [0.15, 0.2) is 48.5 Å². The number of hydrogen-bond acceptors (Lipinski definition) is 5. The van der Waals surface area contributed by atoms with Gasteiger partial charge in [-0.15, -0.1) is 0 Å². The molecular weight excluding hydrogens is 513 g/mol. The molecule has 1 heterocycles. The molecule has 8 heteroatoms. The van der Waals surface area contributed by atoms with E-state index in [9.17, 15) is 9.59 Å². The van der Waals surface area contributed by atoms with E-state index in [0.29, 0.717) is 28.8 Å². The van der Waals surface area contributed by atoms with Crippen LogP contribution in [-0.2, 0) is 31.7 Å². The maximum absolute atomic E-state index is 13.2. The summed E-state index contributed by atoms with van der Waals surface area (Å²) in [5.74, 6) is 0.0943. The molecule has 1 N–H and O–H groups in total. The quantitative estimate of drug-likeness (QED) is 0.346. The summed E-state index contributed by atoms with van der Waals surface area (Å²) < 4.78 is 18.9. The van der Waals surface area contributed by atoms with Gasteiger partial charge in [0.1, 0.15) is 5.60 Å². The molecule has 0 aromatic heterocycles. The standard InChI is InChI=1S/C31H39BClNO5/c1-29(2,3)37-28(36)21-11-7-9-19(13-21)15-26(34-27(35)16-20-10-8-12-23(33)14-20)32-38-25-18-22-17-24(30(22,4)5)31(25,6)39-32/h7-14,22,24-26H,15-18H2,1-6H3,(H,34,35). The number of rotatable bonds is 7. The van der Waals surface area contributed by atoms with E-state index in [4.69, 9.17) is 25.6 Å². The predicted octanol–water partition coefficient (Wildman–Crippen LogP) is 5.83. The molecule has 1 aliphatic heterocycles. The van der Waals surface area contributed by atoms with Crippen molar-refractivity contribution >= 4 is 30.6 Å². The van der Waals surface area contributed by atoms with Crippen LogP contribution in [0.5, 0.6) is 0 Å². The Bertz CT molecular complexity index is 1260. The Kier molecular flexibility index (Phi) is 7.41. The summed E-state index contributed by atoms with van der Waals surface area (Å²) in [6, 6.07) is 14.7. The Balaban J connectivity index is 1.37. The van der Waals surface area contributed by atoms with Gasteiger partial charge in [0.2, 0.25) is 5.91 Å². The summed E-state index contributed by atoms with van der Waals surface area (Å²) >= 11 is 6.14. The highest BCUT2D eigenvalue weighted by Crippen LogP contribution is 2.65. The summed E-state index contributed by atoms with van der Waals surface area (Å²) in [5.41, 5.74) is 1.44. The number of carbonyl (C=O) groups is 2. The Hall–Kier alpha value is -2.35. The van der Waals surface area contributed by atoms with Gasteiger partial charge in [-0.1, -0.05) is 49.7 Å². The normalized spacial score (nSPS) is 27.8. The zero-order chi connectivity index (χ0) is 28.2. The molecular formula is C31H39BClNO5. The highest BCUT2D eigenvalue weighted by molar-refractivity contribution is 6.48. The number of halogens is 1. The zero-order valence-electron chi connectivity index (χ0n) is 23.8. The molecule has 208 valence electrons. The molecule has 39 heavy (non-hydrogen) atoms. The van der Waals surface area contributed by atoms with Crippen molar-refractivity contribution in [1.82, 2.24) is 5.32 Å². The lowest BCUT2D eigenvalue weighted by Gasteiger charge is -2.64. The maximum Gasteiger partial charge on any atom is 0.482 e. The number of esters is 1. The van der Waals surface area contributed by atoms with E-state index in [1.165, 1.54) is 0 Å². The third-order valence-electron chi connectivity index (χ3n) is 8.91. The van der Waals surface area contributed by atoms with Crippen LogP contribution in [0.3, 0.4) is 0 Å². The first-order valence-corrected chi connectivity index (χ1v) is 14.3. The zero-order valence-corrected chi connectivity index (χ0v) is 24.5. The van der Waals surface area contributed by atoms with Gasteiger partial charge in [0.05, 0.1) is 29.6 Å². The van der Waals surface area contributed by atoms with Crippen LogP contribution in [0.25, 0.3) is 0 Å². The Labute approximate surface area is 237 Å².